The van der Waals surface area contributed by atoms with Gasteiger partial charge >= 0.3 is 60.8 Å². The minimum Gasteiger partial charge on any atom is -1.00 e. The monoisotopic (exact) mass is 240 g/mol. The van der Waals surface area contributed by atoms with Gasteiger partial charge in [0, 0.05) is 0 Å². The maximum atomic E-state index is 0. The molecule has 0 amide bonds. The van der Waals surface area contributed by atoms with Crippen LogP contribution in [0.25, 0.3) is 0 Å². The second-order valence-electron chi connectivity index (χ2n) is 0. The van der Waals surface area contributed by atoms with Gasteiger partial charge in [0.15, 0.2) is 0 Å². The van der Waals surface area contributed by atoms with Crippen LogP contribution in [-0.2, 0) is 0 Å². The molecule has 0 aromatic rings. The molecule has 0 heterocycles. The van der Waals surface area contributed by atoms with Crippen molar-refractivity contribution in [3.63, 3.8) is 0 Å². The Morgan fingerprint density at radius 2 is 0.571 bits per heavy atom. The van der Waals surface area contributed by atoms with Crippen LogP contribution in [0.15, 0.2) is 0 Å². The van der Waals surface area contributed by atoms with Gasteiger partial charge in [-0.25, -0.2) is 0 Å². The molecule has 0 bridgehead atoms. The van der Waals surface area contributed by atoms with Gasteiger partial charge in [0.2, 0.25) is 0 Å². The molecule has 0 N–H and O–H groups in total. The van der Waals surface area contributed by atoms with Crippen LogP contribution >= 0.6 is 12.4 Å². The number of halogens is 5. The van der Waals surface area contributed by atoms with Crippen molar-refractivity contribution in [2.24, 2.45) is 0 Å². The molecule has 0 spiro atoms. The van der Waals surface area contributed by atoms with E-state index in [1.807, 2.05) is 0 Å². The van der Waals surface area contributed by atoms with Crippen molar-refractivity contribution in [3.05, 3.63) is 0 Å². The fraction of sp³-hybridized carbons (Fsp3) is 0. The summed E-state index contributed by atoms with van der Waals surface area (Å²) in [7, 11) is 0. The molecule has 0 saturated carbocycles. The molecule has 0 aromatic carbocycles. The zero-order valence-corrected chi connectivity index (χ0v) is 10.8. The Balaban J connectivity index is 0. The van der Waals surface area contributed by atoms with Gasteiger partial charge in [0.25, 0.3) is 0 Å². The summed E-state index contributed by atoms with van der Waals surface area (Å²) in [6.07, 6.45) is 0. The summed E-state index contributed by atoms with van der Waals surface area (Å²) >= 11 is 0. The quantitative estimate of drug-likeness (QED) is 0.370. The Labute approximate surface area is 121 Å². The minimum atomic E-state index is 0. The predicted octanol–water partition coefficient (Wildman–Crippen LogP) is -12.3. The summed E-state index contributed by atoms with van der Waals surface area (Å²) in [4.78, 5) is 0. The second-order valence-corrected chi connectivity index (χ2v) is 0. The van der Waals surface area contributed by atoms with E-state index in [4.69, 9.17) is 0 Å². The zero-order valence-electron chi connectivity index (χ0n) is 3.33. The van der Waals surface area contributed by atoms with Crippen LogP contribution in [-0.4, -0.2) is 60.8 Å². The van der Waals surface area contributed by atoms with Gasteiger partial charge in [0.05, 0.1) is 0 Å². The molecule has 0 radical (unpaired) electrons. The summed E-state index contributed by atoms with van der Waals surface area (Å²) in [6, 6.07) is 0. The number of hydrogen-bond donors (Lipinski definition) is 0. The van der Waals surface area contributed by atoms with Crippen molar-refractivity contribution in [2.75, 3.05) is 0 Å². The first-order valence-corrected chi connectivity index (χ1v) is 0. The molecule has 0 saturated heterocycles. The van der Waals surface area contributed by atoms with Gasteiger partial charge in [-0.1, -0.05) is 0 Å². The van der Waals surface area contributed by atoms with E-state index in [1.54, 1.807) is 0 Å². The van der Waals surface area contributed by atoms with Gasteiger partial charge < -0.3 is 49.6 Å². The summed E-state index contributed by atoms with van der Waals surface area (Å²) in [5.41, 5.74) is 0. The van der Waals surface area contributed by atoms with Gasteiger partial charge in [-0.2, -0.15) is 0 Å². The molecule has 0 aromatic heterocycles. The third kappa shape index (κ3) is 43.8. The van der Waals surface area contributed by atoms with E-state index in [-0.39, 0.29) is 123 Å². The number of hydrogen-bond acceptors (Lipinski definition) is 0. The van der Waals surface area contributed by atoms with E-state index in [1.165, 1.54) is 0 Å². The SMILES string of the molecule is Cl.[Ca+2].[Cl-].[Cl-].[Cl-].[Cl-].[Mg+2]. The second kappa shape index (κ2) is 56.3. The van der Waals surface area contributed by atoms with E-state index >= 15 is 0 Å². The molecular formula is HCaCl5Mg. The van der Waals surface area contributed by atoms with E-state index < -0.39 is 0 Å². The predicted molar refractivity (Wildman–Crippen MR) is 18.8 cm³/mol. The molecule has 40 valence electrons. The van der Waals surface area contributed by atoms with Crippen molar-refractivity contribution < 1.29 is 49.6 Å². The maximum absolute atomic E-state index is 0. The molecule has 0 nitrogen and oxygen atoms in total. The topological polar surface area (TPSA) is 0 Å². The molecule has 0 fully saturated rings. The van der Waals surface area contributed by atoms with Crippen molar-refractivity contribution >= 4 is 73.2 Å². The summed E-state index contributed by atoms with van der Waals surface area (Å²) in [5, 5.41) is 0. The third-order valence-electron chi connectivity index (χ3n) is 0. The summed E-state index contributed by atoms with van der Waals surface area (Å²) in [5.74, 6) is 0. The largest absolute Gasteiger partial charge is 2.00 e. The van der Waals surface area contributed by atoms with Gasteiger partial charge in [0.1, 0.15) is 0 Å². The van der Waals surface area contributed by atoms with Gasteiger partial charge in [-0.3, -0.25) is 0 Å². The van der Waals surface area contributed by atoms with E-state index in [9.17, 15) is 0 Å². The first-order valence-electron chi connectivity index (χ1n) is 0. The molecule has 7 heteroatoms. The normalized spacial score (nSPS) is 0. The van der Waals surface area contributed by atoms with Crippen LogP contribution in [0, 0.1) is 0 Å². The van der Waals surface area contributed by atoms with Crippen LogP contribution in [0.3, 0.4) is 0 Å². The van der Waals surface area contributed by atoms with Crippen molar-refractivity contribution in [1.29, 1.82) is 0 Å². The first-order chi connectivity index (χ1) is 0. The Morgan fingerprint density at radius 1 is 0.571 bits per heavy atom. The fourth-order valence-corrected chi connectivity index (χ4v) is 0. The summed E-state index contributed by atoms with van der Waals surface area (Å²) in [6.45, 7) is 0. The summed E-state index contributed by atoms with van der Waals surface area (Å²) < 4.78 is 0. The van der Waals surface area contributed by atoms with E-state index in [0.717, 1.165) is 0 Å². The average Bonchev–Trinajstić information content (AvgIpc) is 0. The molecule has 0 aliphatic carbocycles. The fourth-order valence-electron chi connectivity index (χ4n) is 0. The molecule has 0 atom stereocenters. The Bertz CT molecular complexity index is 8.04. The van der Waals surface area contributed by atoms with Crippen molar-refractivity contribution in [1.82, 2.24) is 0 Å². The van der Waals surface area contributed by atoms with Crippen LogP contribution in [0.1, 0.15) is 0 Å². The zero-order chi connectivity index (χ0) is 0. The third-order valence-corrected chi connectivity index (χ3v) is 0. The smallest absolute Gasteiger partial charge is 1.00 e. The Hall–Kier alpha value is 3.48. The van der Waals surface area contributed by atoms with E-state index in [0.29, 0.717) is 0 Å². The first kappa shape index (κ1) is 77.9. The van der Waals surface area contributed by atoms with Crippen molar-refractivity contribution in [2.45, 2.75) is 0 Å². The standard InChI is InChI=1S/Ca.5ClH.Mg/h;5*1H;/q+2;;;;;;+2/p-4. The molecule has 0 aliphatic heterocycles. The molecule has 0 rings (SSSR count). The average molecular weight is 243 g/mol. The van der Waals surface area contributed by atoms with Crippen LogP contribution in [0.4, 0.5) is 0 Å². The van der Waals surface area contributed by atoms with E-state index in [2.05, 4.69) is 0 Å². The van der Waals surface area contributed by atoms with Crippen LogP contribution < -0.4 is 49.6 Å². The minimum absolute atomic E-state index is 0. The van der Waals surface area contributed by atoms with Crippen LogP contribution in [0.2, 0.25) is 0 Å². The maximum Gasteiger partial charge on any atom is 2.00 e. The molecule has 0 unspecified atom stereocenters. The Kier molecular flexibility index (Phi) is 627. The van der Waals surface area contributed by atoms with Gasteiger partial charge in [-0.15, -0.1) is 12.4 Å². The number of rotatable bonds is 0. The molecule has 0 aliphatic rings. The van der Waals surface area contributed by atoms with Crippen molar-refractivity contribution in [3.8, 4) is 0 Å². The van der Waals surface area contributed by atoms with Gasteiger partial charge in [-0.05, 0) is 0 Å². The Morgan fingerprint density at radius 3 is 0.571 bits per heavy atom. The van der Waals surface area contributed by atoms with Crippen LogP contribution in [0.5, 0.6) is 0 Å². The molecule has 7 heavy (non-hydrogen) atoms. The molecular weight excluding hydrogens is 242 g/mol.